The first-order valence-corrected chi connectivity index (χ1v) is 10.7. The van der Waals surface area contributed by atoms with Crippen LogP contribution in [0.25, 0.3) is 12.2 Å². The molecule has 168 valence electrons. The number of alkyl halides is 3. The van der Waals surface area contributed by atoms with Crippen LogP contribution >= 0.6 is 11.8 Å². The van der Waals surface area contributed by atoms with E-state index in [2.05, 4.69) is 14.9 Å². The molecule has 0 saturated heterocycles. The Morgan fingerprint density at radius 3 is 1.75 bits per heavy atom. The van der Waals surface area contributed by atoms with Crippen molar-refractivity contribution in [3.8, 4) is 0 Å². The van der Waals surface area contributed by atoms with Gasteiger partial charge in [0.2, 0.25) is 0 Å². The summed E-state index contributed by atoms with van der Waals surface area (Å²) in [5, 5.41) is 0.0483. The molecule has 9 heteroatoms. The Hall–Kier alpha value is -3.04. The number of nitrogens with one attached hydrogen (secondary N) is 2. The van der Waals surface area contributed by atoms with E-state index in [0.717, 1.165) is 34.9 Å². The van der Waals surface area contributed by atoms with E-state index in [4.69, 9.17) is 0 Å². The topological polar surface area (TPSA) is 69.0 Å². The van der Waals surface area contributed by atoms with Crippen LogP contribution in [0.3, 0.4) is 0 Å². The van der Waals surface area contributed by atoms with Crippen molar-refractivity contribution in [3.05, 3.63) is 96.6 Å². The van der Waals surface area contributed by atoms with Crippen molar-refractivity contribution in [1.29, 1.82) is 0 Å². The number of hydrogen-bond donors (Lipinski definition) is 2. The lowest BCUT2D eigenvalue weighted by molar-refractivity contribution is -0.137. The maximum absolute atomic E-state index is 12.7. The quantitative estimate of drug-likeness (QED) is 0.554. The number of aromatic nitrogens is 2. The Bertz CT molecular complexity index is 1290. The molecule has 0 spiro atoms. The molecule has 3 rings (SSSR count). The Morgan fingerprint density at radius 2 is 1.31 bits per heavy atom. The zero-order chi connectivity index (χ0) is 23.3. The zero-order valence-electron chi connectivity index (χ0n) is 17.5. The number of nitrogens with zero attached hydrogens (tertiary/aromatic N) is 1. The molecule has 0 saturated carbocycles. The Kier molecular flexibility index (Phi) is 7.42. The van der Waals surface area contributed by atoms with Gasteiger partial charge in [-0.1, -0.05) is 24.3 Å². The molecule has 0 amide bonds. The zero-order valence-corrected chi connectivity index (χ0v) is 18.3. The third-order valence-corrected chi connectivity index (χ3v) is 5.53. The summed E-state index contributed by atoms with van der Waals surface area (Å²) in [5.74, 6) is 0.958. The van der Waals surface area contributed by atoms with E-state index in [1.807, 2.05) is 38.4 Å². The second kappa shape index (κ2) is 10.1. The molecule has 0 aliphatic heterocycles. The summed E-state index contributed by atoms with van der Waals surface area (Å²) >= 11 is 1.73. The van der Waals surface area contributed by atoms with Gasteiger partial charge in [-0.05, 0) is 61.6 Å². The standard InChI is InChI=1S/C23H22F3N3O2S/c1-29(2)11-12-32-18-9-5-16(6-10-18)14-20-22(31)27-19(21(30)28-20)13-15-3-7-17(8-4-15)23(24,25)26/h3-10,13-14H,11-12H2,1-2H3,(H,27,31)(H,28,30)/b19-13-,20-14-. The fraction of sp³-hybridized carbons (Fsp3) is 0.217. The van der Waals surface area contributed by atoms with Gasteiger partial charge in [-0.25, -0.2) is 0 Å². The molecule has 1 aromatic heterocycles. The molecule has 0 aliphatic rings. The molecular formula is C23H22F3N3O2S. The Morgan fingerprint density at radius 1 is 0.844 bits per heavy atom. The van der Waals surface area contributed by atoms with Crippen LogP contribution in [-0.2, 0) is 6.18 Å². The first kappa shape index (κ1) is 23.6. The molecule has 1 heterocycles. The van der Waals surface area contributed by atoms with Crippen molar-refractivity contribution >= 4 is 23.9 Å². The SMILES string of the molecule is CN(C)CCSc1ccc(/C=c2\[nH]c(=O)/c(=C/c3ccc(C(F)(F)F)cc3)[nH]c2=O)cc1. The second-order valence-electron chi connectivity index (χ2n) is 7.36. The number of benzene rings is 2. The van der Waals surface area contributed by atoms with Gasteiger partial charge in [0, 0.05) is 17.2 Å². The molecule has 0 unspecified atom stereocenters. The minimum atomic E-state index is -4.44. The van der Waals surface area contributed by atoms with Crippen molar-refractivity contribution in [1.82, 2.24) is 14.9 Å². The molecule has 3 aromatic rings. The predicted molar refractivity (Wildman–Crippen MR) is 121 cm³/mol. The van der Waals surface area contributed by atoms with Crippen molar-refractivity contribution in [2.45, 2.75) is 11.1 Å². The van der Waals surface area contributed by atoms with Gasteiger partial charge in [0.1, 0.15) is 10.7 Å². The lowest BCUT2D eigenvalue weighted by atomic mass is 10.1. The van der Waals surface area contributed by atoms with Crippen molar-refractivity contribution < 1.29 is 13.2 Å². The highest BCUT2D eigenvalue weighted by atomic mass is 32.2. The van der Waals surface area contributed by atoms with E-state index in [-0.39, 0.29) is 10.7 Å². The monoisotopic (exact) mass is 461 g/mol. The number of hydrogen-bond acceptors (Lipinski definition) is 4. The number of H-pyrrole nitrogens is 2. The largest absolute Gasteiger partial charge is 0.416 e. The smallest absolute Gasteiger partial charge is 0.316 e. The minimum absolute atomic E-state index is 0.0421. The van der Waals surface area contributed by atoms with Crippen LogP contribution in [0.2, 0.25) is 0 Å². The van der Waals surface area contributed by atoms with Crippen LogP contribution in [0.1, 0.15) is 16.7 Å². The van der Waals surface area contributed by atoms with Crippen molar-refractivity contribution in [3.63, 3.8) is 0 Å². The summed E-state index contributed by atoms with van der Waals surface area (Å²) in [5.41, 5.74) is -0.733. The molecule has 2 N–H and O–H groups in total. The minimum Gasteiger partial charge on any atom is -0.316 e. The van der Waals surface area contributed by atoms with Crippen molar-refractivity contribution in [2.24, 2.45) is 0 Å². The lowest BCUT2D eigenvalue weighted by Gasteiger charge is -2.08. The summed E-state index contributed by atoms with van der Waals surface area (Å²) < 4.78 is 38.0. The molecule has 0 aliphatic carbocycles. The van der Waals surface area contributed by atoms with Crippen LogP contribution < -0.4 is 21.8 Å². The normalized spacial score (nSPS) is 13.2. The molecule has 0 radical (unpaired) electrons. The van der Waals surface area contributed by atoms with Gasteiger partial charge in [0.25, 0.3) is 11.1 Å². The predicted octanol–water partition coefficient (Wildman–Crippen LogP) is 2.39. The van der Waals surface area contributed by atoms with Crippen LogP contribution in [0.5, 0.6) is 0 Å². The molecule has 32 heavy (non-hydrogen) atoms. The maximum Gasteiger partial charge on any atom is 0.416 e. The maximum atomic E-state index is 12.7. The molecule has 0 atom stereocenters. The fourth-order valence-electron chi connectivity index (χ4n) is 2.80. The average molecular weight is 462 g/mol. The van der Waals surface area contributed by atoms with Gasteiger partial charge in [-0.3, -0.25) is 9.59 Å². The number of halogens is 3. The van der Waals surface area contributed by atoms with E-state index in [0.29, 0.717) is 5.56 Å². The average Bonchev–Trinajstić information content (AvgIpc) is 2.72. The van der Waals surface area contributed by atoms with Crippen LogP contribution in [0, 0.1) is 0 Å². The third kappa shape index (κ3) is 6.48. The van der Waals surface area contributed by atoms with E-state index in [1.54, 1.807) is 17.8 Å². The fourth-order valence-corrected chi connectivity index (χ4v) is 3.82. The van der Waals surface area contributed by atoms with Gasteiger partial charge < -0.3 is 14.9 Å². The van der Waals surface area contributed by atoms with E-state index >= 15 is 0 Å². The summed E-state index contributed by atoms with van der Waals surface area (Å²) in [4.78, 5) is 33.0. The molecule has 0 bridgehead atoms. The molecule has 0 fully saturated rings. The number of thioether (sulfide) groups is 1. The van der Waals surface area contributed by atoms with Crippen LogP contribution in [-0.4, -0.2) is 41.3 Å². The molecule has 5 nitrogen and oxygen atoms in total. The van der Waals surface area contributed by atoms with Crippen molar-refractivity contribution in [2.75, 3.05) is 26.4 Å². The van der Waals surface area contributed by atoms with Crippen LogP contribution in [0.4, 0.5) is 13.2 Å². The highest BCUT2D eigenvalue weighted by Gasteiger charge is 2.29. The summed E-state index contributed by atoms with van der Waals surface area (Å²) in [6, 6.07) is 11.9. The highest BCUT2D eigenvalue weighted by Crippen LogP contribution is 2.29. The first-order chi connectivity index (χ1) is 15.1. The van der Waals surface area contributed by atoms with E-state index in [9.17, 15) is 22.8 Å². The first-order valence-electron chi connectivity index (χ1n) is 9.73. The second-order valence-corrected chi connectivity index (χ2v) is 8.53. The van der Waals surface area contributed by atoms with Gasteiger partial charge in [-0.15, -0.1) is 11.8 Å². The van der Waals surface area contributed by atoms with Gasteiger partial charge in [0.15, 0.2) is 0 Å². The summed E-state index contributed by atoms with van der Waals surface area (Å²) in [6.45, 7) is 0.963. The summed E-state index contributed by atoms with van der Waals surface area (Å²) in [6.07, 6.45) is -1.55. The molecule has 2 aromatic carbocycles. The summed E-state index contributed by atoms with van der Waals surface area (Å²) in [7, 11) is 4.03. The van der Waals surface area contributed by atoms with Gasteiger partial charge in [-0.2, -0.15) is 13.2 Å². The Labute approximate surface area is 186 Å². The third-order valence-electron chi connectivity index (χ3n) is 4.53. The van der Waals surface area contributed by atoms with E-state index in [1.165, 1.54) is 18.2 Å². The van der Waals surface area contributed by atoms with Gasteiger partial charge >= 0.3 is 6.18 Å². The van der Waals surface area contributed by atoms with Crippen LogP contribution in [0.15, 0.2) is 63.0 Å². The Balaban J connectivity index is 1.84. The lowest BCUT2D eigenvalue weighted by Crippen LogP contribution is -2.46. The number of rotatable bonds is 6. The number of aromatic amines is 2. The highest BCUT2D eigenvalue weighted by molar-refractivity contribution is 7.99. The van der Waals surface area contributed by atoms with E-state index < -0.39 is 22.9 Å². The molecular weight excluding hydrogens is 439 g/mol. The van der Waals surface area contributed by atoms with Gasteiger partial charge in [0.05, 0.1) is 5.56 Å².